The van der Waals surface area contributed by atoms with E-state index in [2.05, 4.69) is 15.0 Å². The Morgan fingerprint density at radius 1 is 1.39 bits per heavy atom. The first-order valence-electron chi connectivity index (χ1n) is 10.1. The van der Waals surface area contributed by atoms with E-state index in [1.165, 1.54) is 23.3 Å². The molecule has 1 saturated carbocycles. The van der Waals surface area contributed by atoms with Crippen LogP contribution in [0.4, 0.5) is 10.1 Å². The topological polar surface area (TPSA) is 124 Å². The first kappa shape index (κ1) is 21.2. The maximum Gasteiger partial charge on any atom is 0.272 e. The second-order valence-electron chi connectivity index (χ2n) is 7.95. The highest BCUT2D eigenvalue weighted by atomic mass is 32.2. The van der Waals surface area contributed by atoms with Gasteiger partial charge in [0.15, 0.2) is 0 Å². The fourth-order valence-electron chi connectivity index (χ4n) is 4.35. The maximum absolute atomic E-state index is 13.6. The quantitative estimate of drug-likeness (QED) is 0.629. The Labute approximate surface area is 180 Å². The number of hydrogen-bond donors (Lipinski definition) is 3. The zero-order valence-corrected chi connectivity index (χ0v) is 17.8. The number of hydrogen-bond acceptors (Lipinski definition) is 5. The number of carbonyl (C=O) groups is 1. The number of anilines is 1. The van der Waals surface area contributed by atoms with Crippen LogP contribution in [0.15, 0.2) is 29.3 Å². The van der Waals surface area contributed by atoms with Crippen LogP contribution in [0.1, 0.15) is 53.8 Å². The van der Waals surface area contributed by atoms with Crippen molar-refractivity contribution in [3.63, 3.8) is 0 Å². The molecule has 31 heavy (non-hydrogen) atoms. The summed E-state index contributed by atoms with van der Waals surface area (Å²) in [5.41, 5.74) is 0.537. The lowest BCUT2D eigenvalue weighted by Gasteiger charge is -2.28. The molecule has 10 heteroatoms. The molecule has 162 valence electrons. The lowest BCUT2D eigenvalue weighted by Crippen LogP contribution is -2.38. The third-order valence-corrected chi connectivity index (χ3v) is 7.35. The summed E-state index contributed by atoms with van der Waals surface area (Å²) in [4.78, 5) is 16.7. The van der Waals surface area contributed by atoms with Crippen molar-refractivity contribution >= 4 is 27.6 Å². The Kier molecular flexibility index (Phi) is 5.64. The number of nitrogens with one attached hydrogen (secondary N) is 3. The summed E-state index contributed by atoms with van der Waals surface area (Å²) in [5.74, 6) is -1.14. The van der Waals surface area contributed by atoms with Crippen LogP contribution in [0.5, 0.6) is 0 Å². The third-order valence-electron chi connectivity index (χ3n) is 5.81. The van der Waals surface area contributed by atoms with Crippen molar-refractivity contribution in [3.05, 3.63) is 47.3 Å². The van der Waals surface area contributed by atoms with Crippen molar-refractivity contribution < 1.29 is 13.4 Å². The number of rotatable bonds is 3. The molecule has 4 rings (SSSR count). The number of nitrogens with zero attached hydrogens (tertiary/aromatic N) is 3. The Morgan fingerprint density at radius 3 is 2.84 bits per heavy atom. The van der Waals surface area contributed by atoms with Crippen molar-refractivity contribution in [1.82, 2.24) is 14.3 Å². The van der Waals surface area contributed by atoms with Gasteiger partial charge in [-0.25, -0.2) is 18.7 Å². The van der Waals surface area contributed by atoms with Crippen molar-refractivity contribution in [3.8, 4) is 6.07 Å². The molecule has 1 unspecified atom stereocenters. The SMILES string of the molecule is Cn1cc2c(c1C(=O)Nc1cc(F)nc(C#N)c1)C=C[C@H](C1CCCCC1)NS2(=N)=O. The van der Waals surface area contributed by atoms with Crippen LogP contribution in [0.2, 0.25) is 0 Å². The Bertz CT molecular complexity index is 1210. The van der Waals surface area contributed by atoms with Crippen LogP contribution >= 0.6 is 0 Å². The van der Waals surface area contributed by atoms with Gasteiger partial charge in [-0.2, -0.15) is 9.65 Å². The Hall–Kier alpha value is -3.03. The van der Waals surface area contributed by atoms with Gasteiger partial charge in [-0.3, -0.25) is 4.79 Å². The minimum absolute atomic E-state index is 0.0893. The number of amides is 1. The zero-order valence-electron chi connectivity index (χ0n) is 17.0. The highest BCUT2D eigenvalue weighted by Gasteiger charge is 2.31. The molecule has 0 saturated heterocycles. The van der Waals surface area contributed by atoms with Crippen molar-refractivity contribution in [2.75, 3.05) is 5.32 Å². The summed E-state index contributed by atoms with van der Waals surface area (Å²) in [6.07, 6.45) is 10.6. The number of aryl methyl sites for hydroxylation is 1. The standard InChI is InChI=1S/C21H23FN6O2S/c1-28-12-18-16(7-8-17(27-31(18,24)30)13-5-3-2-4-6-13)20(28)21(29)26-14-9-15(11-23)25-19(22)10-14/h7-10,12-13,17H,2-6H2,1H3,(H2,24,27,30)(H,25,26,29)/t17-,31?/m1/s1. The van der Waals surface area contributed by atoms with Gasteiger partial charge in [0.1, 0.15) is 27.4 Å². The van der Waals surface area contributed by atoms with E-state index in [-0.39, 0.29) is 28.0 Å². The van der Waals surface area contributed by atoms with E-state index in [4.69, 9.17) is 10.0 Å². The third kappa shape index (κ3) is 4.24. The number of nitriles is 1. The molecule has 1 amide bonds. The molecular weight excluding hydrogens is 419 g/mol. The van der Waals surface area contributed by atoms with Crippen LogP contribution in [0, 0.1) is 28.0 Å². The number of pyridine rings is 1. The summed E-state index contributed by atoms with van der Waals surface area (Å²) in [7, 11) is -1.70. The molecule has 2 aromatic heterocycles. The summed E-state index contributed by atoms with van der Waals surface area (Å²) in [6, 6.07) is 3.83. The molecule has 1 aliphatic carbocycles. The minimum atomic E-state index is -3.33. The van der Waals surface area contributed by atoms with Gasteiger partial charge in [-0.15, -0.1) is 0 Å². The molecule has 0 radical (unpaired) electrons. The van der Waals surface area contributed by atoms with Crippen LogP contribution in [0.3, 0.4) is 0 Å². The van der Waals surface area contributed by atoms with Gasteiger partial charge in [0.2, 0.25) is 5.95 Å². The van der Waals surface area contributed by atoms with Crippen LogP contribution in [-0.4, -0.2) is 25.7 Å². The summed E-state index contributed by atoms with van der Waals surface area (Å²) in [6.45, 7) is 0. The number of fused-ring (bicyclic) bond motifs is 1. The molecule has 1 aliphatic heterocycles. The van der Waals surface area contributed by atoms with Crippen molar-refractivity contribution in [2.24, 2.45) is 13.0 Å². The lowest BCUT2D eigenvalue weighted by molar-refractivity contribution is 0.101. The molecule has 3 N–H and O–H groups in total. The highest BCUT2D eigenvalue weighted by Crippen LogP contribution is 2.32. The van der Waals surface area contributed by atoms with Gasteiger partial charge in [0.05, 0.1) is 4.90 Å². The highest BCUT2D eigenvalue weighted by molar-refractivity contribution is 7.90. The second-order valence-corrected chi connectivity index (χ2v) is 9.74. The molecule has 2 aromatic rings. The van der Waals surface area contributed by atoms with Gasteiger partial charge < -0.3 is 9.88 Å². The fraction of sp³-hybridized carbons (Fsp3) is 0.381. The molecular formula is C21H23FN6O2S. The molecule has 0 aromatic carbocycles. The van der Waals surface area contributed by atoms with Gasteiger partial charge in [0.25, 0.3) is 5.91 Å². The smallest absolute Gasteiger partial charge is 0.272 e. The van der Waals surface area contributed by atoms with Crippen molar-refractivity contribution in [2.45, 2.75) is 43.0 Å². The van der Waals surface area contributed by atoms with E-state index >= 15 is 0 Å². The minimum Gasteiger partial charge on any atom is -0.345 e. The average molecular weight is 443 g/mol. The largest absolute Gasteiger partial charge is 0.345 e. The van der Waals surface area contributed by atoms with E-state index in [0.717, 1.165) is 31.7 Å². The number of halogens is 1. The predicted molar refractivity (Wildman–Crippen MR) is 114 cm³/mol. The Morgan fingerprint density at radius 2 is 2.13 bits per heavy atom. The molecule has 0 bridgehead atoms. The van der Waals surface area contributed by atoms with Crippen LogP contribution in [0.25, 0.3) is 6.08 Å². The summed E-state index contributed by atoms with van der Waals surface area (Å²) in [5, 5.41) is 11.5. The van der Waals surface area contributed by atoms with E-state index in [1.807, 2.05) is 6.08 Å². The van der Waals surface area contributed by atoms with Crippen molar-refractivity contribution in [1.29, 1.82) is 10.0 Å². The van der Waals surface area contributed by atoms with E-state index in [1.54, 1.807) is 19.2 Å². The van der Waals surface area contributed by atoms with Gasteiger partial charge in [0, 0.05) is 36.6 Å². The summed E-state index contributed by atoms with van der Waals surface area (Å²) < 4.78 is 39.9. The normalized spacial score (nSPS) is 23.6. The number of carbonyl (C=O) groups excluding carboxylic acids is 1. The average Bonchev–Trinajstić information content (AvgIpc) is 3.02. The van der Waals surface area contributed by atoms with E-state index in [0.29, 0.717) is 11.5 Å². The first-order valence-corrected chi connectivity index (χ1v) is 11.7. The van der Waals surface area contributed by atoms with E-state index < -0.39 is 21.8 Å². The van der Waals surface area contributed by atoms with Crippen LogP contribution in [-0.2, 0) is 17.0 Å². The van der Waals surface area contributed by atoms with E-state index in [9.17, 15) is 13.4 Å². The molecule has 3 heterocycles. The molecule has 2 atom stereocenters. The summed E-state index contributed by atoms with van der Waals surface area (Å²) >= 11 is 0. The van der Waals surface area contributed by atoms with Crippen LogP contribution < -0.4 is 10.0 Å². The zero-order chi connectivity index (χ0) is 22.2. The van der Waals surface area contributed by atoms with Gasteiger partial charge >= 0.3 is 0 Å². The predicted octanol–water partition coefficient (Wildman–Crippen LogP) is 3.57. The second kappa shape index (κ2) is 8.24. The molecule has 8 nitrogen and oxygen atoms in total. The monoisotopic (exact) mass is 442 g/mol. The van der Waals surface area contributed by atoms with Gasteiger partial charge in [-0.1, -0.05) is 31.4 Å². The number of aromatic nitrogens is 2. The molecule has 1 fully saturated rings. The Balaban J connectivity index is 1.69. The molecule has 0 spiro atoms. The fourth-order valence-corrected chi connectivity index (χ4v) is 5.91. The molecule has 2 aliphatic rings. The van der Waals surface area contributed by atoms with Gasteiger partial charge in [-0.05, 0) is 24.8 Å². The lowest BCUT2D eigenvalue weighted by atomic mass is 9.84. The first-order chi connectivity index (χ1) is 14.8. The maximum atomic E-state index is 13.6.